The Bertz CT molecular complexity index is 790. The number of ether oxygens (including phenoxy) is 1. The molecule has 0 aliphatic heterocycles. The molecule has 0 saturated carbocycles. The van der Waals surface area contributed by atoms with E-state index in [-0.39, 0.29) is 5.56 Å². The first-order chi connectivity index (χ1) is 9.28. The third-order valence-electron chi connectivity index (χ3n) is 3.13. The SMILES string of the molecule is COc1cccc(-c2cc3ccccc3c(=O)[nH]2)c1. The second-order valence-corrected chi connectivity index (χ2v) is 4.33. The highest BCUT2D eigenvalue weighted by Gasteiger charge is 2.04. The molecule has 2 aromatic carbocycles. The first-order valence-corrected chi connectivity index (χ1v) is 6.04. The van der Waals surface area contributed by atoms with Crippen molar-refractivity contribution in [2.75, 3.05) is 7.11 Å². The normalized spacial score (nSPS) is 10.6. The quantitative estimate of drug-likeness (QED) is 0.760. The van der Waals surface area contributed by atoms with Crippen molar-refractivity contribution in [3.63, 3.8) is 0 Å². The van der Waals surface area contributed by atoms with Gasteiger partial charge in [0.25, 0.3) is 5.56 Å². The van der Waals surface area contributed by atoms with Crippen molar-refractivity contribution in [1.82, 2.24) is 4.98 Å². The van der Waals surface area contributed by atoms with Crippen LogP contribution in [0.2, 0.25) is 0 Å². The van der Waals surface area contributed by atoms with Crippen molar-refractivity contribution in [3.8, 4) is 17.0 Å². The van der Waals surface area contributed by atoms with Gasteiger partial charge in [-0.3, -0.25) is 4.79 Å². The lowest BCUT2D eigenvalue weighted by atomic mass is 10.1. The van der Waals surface area contributed by atoms with Gasteiger partial charge in [-0.1, -0.05) is 30.3 Å². The Morgan fingerprint density at radius 1 is 1.00 bits per heavy atom. The molecule has 1 N–H and O–H groups in total. The lowest BCUT2D eigenvalue weighted by molar-refractivity contribution is 0.415. The van der Waals surface area contributed by atoms with E-state index in [1.165, 1.54) is 0 Å². The molecule has 3 nitrogen and oxygen atoms in total. The molecule has 0 unspecified atom stereocenters. The third-order valence-corrected chi connectivity index (χ3v) is 3.13. The standard InChI is InChI=1S/C16H13NO2/c1-19-13-7-4-6-12(9-13)15-10-11-5-2-3-8-14(11)16(18)17-15/h2-10H,1H3,(H,17,18). The lowest BCUT2D eigenvalue weighted by Crippen LogP contribution is -2.06. The number of rotatable bonds is 2. The van der Waals surface area contributed by atoms with Crippen molar-refractivity contribution in [2.45, 2.75) is 0 Å². The van der Waals surface area contributed by atoms with E-state index in [1.54, 1.807) is 7.11 Å². The lowest BCUT2D eigenvalue weighted by Gasteiger charge is -2.06. The monoisotopic (exact) mass is 251 g/mol. The molecule has 19 heavy (non-hydrogen) atoms. The van der Waals surface area contributed by atoms with Crippen LogP contribution in [0, 0.1) is 0 Å². The Labute approximate surface area is 110 Å². The summed E-state index contributed by atoms with van der Waals surface area (Å²) in [7, 11) is 1.63. The number of benzene rings is 2. The van der Waals surface area contributed by atoms with Gasteiger partial charge in [-0.15, -0.1) is 0 Å². The first kappa shape index (κ1) is 11.5. The van der Waals surface area contributed by atoms with Gasteiger partial charge in [-0.25, -0.2) is 0 Å². The molecule has 1 aromatic heterocycles. The van der Waals surface area contributed by atoms with Crippen LogP contribution < -0.4 is 10.3 Å². The highest BCUT2D eigenvalue weighted by molar-refractivity contribution is 5.85. The van der Waals surface area contributed by atoms with Crippen molar-refractivity contribution in [2.24, 2.45) is 0 Å². The van der Waals surface area contributed by atoms with E-state index in [2.05, 4.69) is 4.98 Å². The molecule has 0 atom stereocenters. The molecule has 0 aliphatic carbocycles. The molecule has 0 radical (unpaired) electrons. The molecular formula is C16H13NO2. The molecule has 94 valence electrons. The average molecular weight is 251 g/mol. The van der Waals surface area contributed by atoms with Gasteiger partial charge in [-0.2, -0.15) is 0 Å². The van der Waals surface area contributed by atoms with E-state index in [4.69, 9.17) is 4.74 Å². The predicted octanol–water partition coefficient (Wildman–Crippen LogP) is 3.20. The maximum atomic E-state index is 12.0. The van der Waals surface area contributed by atoms with Gasteiger partial charge in [0.2, 0.25) is 0 Å². The zero-order valence-corrected chi connectivity index (χ0v) is 10.5. The smallest absolute Gasteiger partial charge is 0.256 e. The number of aromatic amines is 1. The summed E-state index contributed by atoms with van der Waals surface area (Å²) in [6.07, 6.45) is 0. The molecule has 3 aromatic rings. The molecular weight excluding hydrogens is 238 g/mol. The zero-order chi connectivity index (χ0) is 13.2. The fourth-order valence-corrected chi connectivity index (χ4v) is 2.16. The van der Waals surface area contributed by atoms with E-state index >= 15 is 0 Å². The van der Waals surface area contributed by atoms with Crippen LogP contribution in [0.3, 0.4) is 0 Å². The molecule has 0 saturated heterocycles. The number of methoxy groups -OCH3 is 1. The highest BCUT2D eigenvalue weighted by Crippen LogP contribution is 2.23. The average Bonchev–Trinajstić information content (AvgIpc) is 2.47. The minimum absolute atomic E-state index is 0.0732. The Morgan fingerprint density at radius 3 is 2.68 bits per heavy atom. The van der Waals surface area contributed by atoms with E-state index in [9.17, 15) is 4.79 Å². The Kier molecular flexibility index (Phi) is 2.80. The number of aromatic nitrogens is 1. The van der Waals surface area contributed by atoms with Crippen LogP contribution in [0.5, 0.6) is 5.75 Å². The predicted molar refractivity (Wildman–Crippen MR) is 76.6 cm³/mol. The van der Waals surface area contributed by atoms with Crippen LogP contribution in [0.25, 0.3) is 22.0 Å². The van der Waals surface area contributed by atoms with Crippen molar-refractivity contribution >= 4 is 10.8 Å². The number of pyridine rings is 1. The number of fused-ring (bicyclic) bond motifs is 1. The van der Waals surface area contributed by atoms with Crippen LogP contribution in [0.15, 0.2) is 59.4 Å². The summed E-state index contributed by atoms with van der Waals surface area (Å²) in [6, 6.07) is 17.2. The van der Waals surface area contributed by atoms with Gasteiger partial charge in [0.05, 0.1) is 7.11 Å². The molecule has 0 amide bonds. The Morgan fingerprint density at radius 2 is 1.84 bits per heavy atom. The number of hydrogen-bond acceptors (Lipinski definition) is 2. The zero-order valence-electron chi connectivity index (χ0n) is 10.5. The summed E-state index contributed by atoms with van der Waals surface area (Å²) in [5.41, 5.74) is 1.65. The van der Waals surface area contributed by atoms with E-state index in [0.29, 0.717) is 5.39 Å². The van der Waals surface area contributed by atoms with Crippen LogP contribution in [0.4, 0.5) is 0 Å². The van der Waals surface area contributed by atoms with Gasteiger partial charge in [0.1, 0.15) is 5.75 Å². The molecule has 0 bridgehead atoms. The summed E-state index contributed by atoms with van der Waals surface area (Å²) >= 11 is 0. The number of H-pyrrole nitrogens is 1. The summed E-state index contributed by atoms with van der Waals surface area (Å²) in [5.74, 6) is 0.770. The van der Waals surface area contributed by atoms with Gasteiger partial charge < -0.3 is 9.72 Å². The van der Waals surface area contributed by atoms with Crippen molar-refractivity contribution in [3.05, 3.63) is 65.0 Å². The van der Waals surface area contributed by atoms with Gasteiger partial charge in [0.15, 0.2) is 0 Å². The molecule has 0 fully saturated rings. The fourth-order valence-electron chi connectivity index (χ4n) is 2.16. The summed E-state index contributed by atoms with van der Waals surface area (Å²) in [6.45, 7) is 0. The Balaban J connectivity index is 2.22. The van der Waals surface area contributed by atoms with E-state index in [1.807, 2.05) is 54.6 Å². The third kappa shape index (κ3) is 2.10. The molecule has 0 spiro atoms. The van der Waals surface area contributed by atoms with Crippen molar-refractivity contribution < 1.29 is 4.74 Å². The molecule has 1 heterocycles. The molecule has 3 rings (SSSR count). The summed E-state index contributed by atoms with van der Waals surface area (Å²) in [4.78, 5) is 14.9. The highest BCUT2D eigenvalue weighted by atomic mass is 16.5. The van der Waals surface area contributed by atoms with Gasteiger partial charge >= 0.3 is 0 Å². The van der Waals surface area contributed by atoms with Crippen LogP contribution in [-0.4, -0.2) is 12.1 Å². The molecule has 0 aliphatic rings. The van der Waals surface area contributed by atoms with E-state index in [0.717, 1.165) is 22.4 Å². The van der Waals surface area contributed by atoms with Crippen LogP contribution in [0.1, 0.15) is 0 Å². The second-order valence-electron chi connectivity index (χ2n) is 4.33. The van der Waals surface area contributed by atoms with Gasteiger partial charge in [0, 0.05) is 16.6 Å². The minimum atomic E-state index is -0.0732. The maximum absolute atomic E-state index is 12.0. The molecule has 3 heteroatoms. The first-order valence-electron chi connectivity index (χ1n) is 6.04. The summed E-state index contributed by atoms with van der Waals surface area (Å²) < 4.78 is 5.20. The van der Waals surface area contributed by atoms with E-state index < -0.39 is 0 Å². The minimum Gasteiger partial charge on any atom is -0.497 e. The largest absolute Gasteiger partial charge is 0.497 e. The topological polar surface area (TPSA) is 42.1 Å². The maximum Gasteiger partial charge on any atom is 0.256 e. The van der Waals surface area contributed by atoms with Crippen LogP contribution >= 0.6 is 0 Å². The van der Waals surface area contributed by atoms with Crippen molar-refractivity contribution in [1.29, 1.82) is 0 Å². The fraction of sp³-hybridized carbons (Fsp3) is 0.0625. The van der Waals surface area contributed by atoms with Crippen LogP contribution in [-0.2, 0) is 0 Å². The Hall–Kier alpha value is -2.55. The summed E-state index contributed by atoms with van der Waals surface area (Å²) in [5, 5.41) is 1.64. The number of hydrogen-bond donors (Lipinski definition) is 1. The van der Waals surface area contributed by atoms with Gasteiger partial charge in [-0.05, 0) is 29.7 Å². The second kappa shape index (κ2) is 4.61. The number of nitrogens with one attached hydrogen (secondary N) is 1.